The number of aromatic nitrogens is 2. The lowest BCUT2D eigenvalue weighted by atomic mass is 10.1. The van der Waals surface area contributed by atoms with E-state index < -0.39 is 0 Å². The summed E-state index contributed by atoms with van der Waals surface area (Å²) < 4.78 is 2.03. The molecule has 0 saturated carbocycles. The number of rotatable bonds is 7. The molecule has 0 spiro atoms. The predicted octanol–water partition coefficient (Wildman–Crippen LogP) is 2.53. The van der Waals surface area contributed by atoms with Gasteiger partial charge >= 0.3 is 0 Å². The van der Waals surface area contributed by atoms with Crippen molar-refractivity contribution in [3.05, 3.63) is 58.7 Å². The molecule has 0 aliphatic heterocycles. The quantitative estimate of drug-likeness (QED) is 0.478. The molecule has 0 saturated heterocycles. The summed E-state index contributed by atoms with van der Waals surface area (Å²) >= 11 is 0. The van der Waals surface area contributed by atoms with Gasteiger partial charge in [0.05, 0.1) is 11.3 Å². The summed E-state index contributed by atoms with van der Waals surface area (Å²) in [6.07, 6.45) is 6.47. The van der Waals surface area contributed by atoms with Gasteiger partial charge in [0, 0.05) is 37.1 Å². The standard InChI is InChI=1S/C14H18N4O2/c1-12(13-4-2-5-14(10-13)18(19)20)16-6-3-8-17-9-7-15-11-17/h2,4-5,7,9-12,16H,3,6,8H2,1H3. The SMILES string of the molecule is CC(NCCCn1ccnc1)c1cccc([N+](=O)[O-])c1. The second-order valence-electron chi connectivity index (χ2n) is 4.68. The van der Waals surface area contributed by atoms with Crippen LogP contribution < -0.4 is 5.32 Å². The first kappa shape index (κ1) is 14.2. The van der Waals surface area contributed by atoms with E-state index in [2.05, 4.69) is 10.3 Å². The van der Waals surface area contributed by atoms with Gasteiger partial charge in [-0.15, -0.1) is 0 Å². The fourth-order valence-corrected chi connectivity index (χ4v) is 2.02. The summed E-state index contributed by atoms with van der Waals surface area (Å²) in [4.78, 5) is 14.4. The molecule has 2 aromatic rings. The van der Waals surface area contributed by atoms with Crippen LogP contribution in [0.2, 0.25) is 0 Å². The molecule has 0 amide bonds. The van der Waals surface area contributed by atoms with Gasteiger partial charge in [-0.25, -0.2) is 4.98 Å². The van der Waals surface area contributed by atoms with Gasteiger partial charge in [-0.05, 0) is 25.5 Å². The largest absolute Gasteiger partial charge is 0.337 e. The van der Waals surface area contributed by atoms with Gasteiger partial charge in [-0.1, -0.05) is 12.1 Å². The highest BCUT2D eigenvalue weighted by molar-refractivity contribution is 5.35. The first-order valence-electron chi connectivity index (χ1n) is 6.60. The molecule has 1 aromatic heterocycles. The monoisotopic (exact) mass is 274 g/mol. The summed E-state index contributed by atoms with van der Waals surface area (Å²) in [5.41, 5.74) is 1.07. The Labute approximate surface area is 117 Å². The molecule has 6 nitrogen and oxygen atoms in total. The molecule has 6 heteroatoms. The highest BCUT2D eigenvalue weighted by atomic mass is 16.6. The van der Waals surface area contributed by atoms with Crippen molar-refractivity contribution in [3.8, 4) is 0 Å². The van der Waals surface area contributed by atoms with Crippen LogP contribution in [-0.2, 0) is 6.54 Å². The van der Waals surface area contributed by atoms with E-state index in [1.165, 1.54) is 6.07 Å². The van der Waals surface area contributed by atoms with Crippen molar-refractivity contribution in [2.75, 3.05) is 6.54 Å². The number of nitrogens with one attached hydrogen (secondary N) is 1. The van der Waals surface area contributed by atoms with Gasteiger partial charge in [0.1, 0.15) is 0 Å². The number of nitro benzene ring substituents is 1. The van der Waals surface area contributed by atoms with Gasteiger partial charge in [0.15, 0.2) is 0 Å². The molecule has 1 aromatic carbocycles. The molecule has 1 unspecified atom stereocenters. The Hall–Kier alpha value is -2.21. The summed E-state index contributed by atoms with van der Waals surface area (Å²) in [6, 6.07) is 6.85. The molecular formula is C14H18N4O2. The molecule has 0 radical (unpaired) electrons. The molecule has 1 heterocycles. The third-order valence-corrected chi connectivity index (χ3v) is 3.18. The van der Waals surface area contributed by atoms with E-state index in [0.29, 0.717) is 0 Å². The first-order chi connectivity index (χ1) is 9.66. The Bertz CT molecular complexity index is 554. The second-order valence-corrected chi connectivity index (χ2v) is 4.68. The third-order valence-electron chi connectivity index (χ3n) is 3.18. The van der Waals surface area contributed by atoms with E-state index in [9.17, 15) is 10.1 Å². The number of nitro groups is 1. The van der Waals surface area contributed by atoms with Crippen molar-refractivity contribution in [1.29, 1.82) is 0 Å². The maximum absolute atomic E-state index is 10.7. The second kappa shape index (κ2) is 6.81. The normalized spacial score (nSPS) is 12.2. The fourth-order valence-electron chi connectivity index (χ4n) is 2.02. The Balaban J connectivity index is 1.80. The summed E-state index contributed by atoms with van der Waals surface area (Å²) in [7, 11) is 0. The van der Waals surface area contributed by atoms with Crippen LogP contribution in [0, 0.1) is 10.1 Å². The van der Waals surface area contributed by atoms with Crippen molar-refractivity contribution in [2.24, 2.45) is 0 Å². The van der Waals surface area contributed by atoms with E-state index in [0.717, 1.165) is 25.1 Å². The highest BCUT2D eigenvalue weighted by Gasteiger charge is 2.10. The average Bonchev–Trinajstić information content (AvgIpc) is 2.96. The van der Waals surface area contributed by atoms with E-state index in [1.807, 2.05) is 23.8 Å². The van der Waals surface area contributed by atoms with Crippen LogP contribution in [-0.4, -0.2) is 21.0 Å². The van der Waals surface area contributed by atoms with Crippen LogP contribution in [0.3, 0.4) is 0 Å². The molecule has 0 bridgehead atoms. The van der Waals surface area contributed by atoms with E-state index in [4.69, 9.17) is 0 Å². The minimum atomic E-state index is -0.366. The average molecular weight is 274 g/mol. The number of benzene rings is 1. The molecule has 106 valence electrons. The van der Waals surface area contributed by atoms with Gasteiger partial charge in [-0.3, -0.25) is 10.1 Å². The van der Waals surface area contributed by atoms with Crippen molar-refractivity contribution < 1.29 is 4.92 Å². The molecule has 0 aliphatic rings. The molecule has 1 atom stereocenters. The zero-order valence-corrected chi connectivity index (χ0v) is 11.4. The summed E-state index contributed by atoms with van der Waals surface area (Å²) in [6.45, 7) is 3.77. The van der Waals surface area contributed by atoms with E-state index in [-0.39, 0.29) is 16.7 Å². The Morgan fingerprint density at radius 3 is 3.05 bits per heavy atom. The van der Waals surface area contributed by atoms with Gasteiger partial charge in [0.2, 0.25) is 0 Å². The van der Waals surface area contributed by atoms with Gasteiger partial charge in [0.25, 0.3) is 5.69 Å². The summed E-state index contributed by atoms with van der Waals surface area (Å²) in [5, 5.41) is 14.1. The topological polar surface area (TPSA) is 73.0 Å². The zero-order chi connectivity index (χ0) is 14.4. The molecule has 20 heavy (non-hydrogen) atoms. The Morgan fingerprint density at radius 1 is 1.50 bits per heavy atom. The molecule has 0 aliphatic carbocycles. The number of hydrogen-bond acceptors (Lipinski definition) is 4. The zero-order valence-electron chi connectivity index (χ0n) is 11.4. The first-order valence-corrected chi connectivity index (χ1v) is 6.60. The Morgan fingerprint density at radius 2 is 2.35 bits per heavy atom. The maximum atomic E-state index is 10.7. The molecular weight excluding hydrogens is 256 g/mol. The van der Waals surface area contributed by atoms with E-state index >= 15 is 0 Å². The van der Waals surface area contributed by atoms with Crippen LogP contribution in [0.1, 0.15) is 24.9 Å². The third kappa shape index (κ3) is 3.89. The summed E-state index contributed by atoms with van der Waals surface area (Å²) in [5.74, 6) is 0. The maximum Gasteiger partial charge on any atom is 0.269 e. The van der Waals surface area contributed by atoms with Crippen molar-refractivity contribution in [3.63, 3.8) is 0 Å². The number of hydrogen-bond donors (Lipinski definition) is 1. The van der Waals surface area contributed by atoms with Crippen LogP contribution in [0.5, 0.6) is 0 Å². The highest BCUT2D eigenvalue weighted by Crippen LogP contribution is 2.18. The van der Waals surface area contributed by atoms with Crippen LogP contribution in [0.4, 0.5) is 5.69 Å². The van der Waals surface area contributed by atoms with Crippen LogP contribution >= 0.6 is 0 Å². The lowest BCUT2D eigenvalue weighted by molar-refractivity contribution is -0.384. The number of imidazole rings is 1. The lowest BCUT2D eigenvalue weighted by Gasteiger charge is -2.14. The van der Waals surface area contributed by atoms with Crippen LogP contribution in [0.15, 0.2) is 43.0 Å². The van der Waals surface area contributed by atoms with E-state index in [1.54, 1.807) is 24.7 Å². The molecule has 0 fully saturated rings. The molecule has 1 N–H and O–H groups in total. The Kier molecular flexibility index (Phi) is 4.84. The van der Waals surface area contributed by atoms with Crippen molar-refractivity contribution in [2.45, 2.75) is 25.9 Å². The van der Waals surface area contributed by atoms with Crippen molar-refractivity contribution >= 4 is 5.69 Å². The van der Waals surface area contributed by atoms with Crippen molar-refractivity contribution in [1.82, 2.24) is 14.9 Å². The van der Waals surface area contributed by atoms with Gasteiger partial charge in [-0.2, -0.15) is 0 Å². The molecule has 2 rings (SSSR count). The lowest BCUT2D eigenvalue weighted by Crippen LogP contribution is -2.21. The number of non-ortho nitro benzene ring substituents is 1. The van der Waals surface area contributed by atoms with Crippen LogP contribution in [0.25, 0.3) is 0 Å². The smallest absolute Gasteiger partial charge is 0.269 e. The minimum Gasteiger partial charge on any atom is -0.337 e. The minimum absolute atomic E-state index is 0.0951. The number of aryl methyl sites for hydroxylation is 1. The number of nitrogens with zero attached hydrogens (tertiary/aromatic N) is 3. The predicted molar refractivity (Wildman–Crippen MR) is 76.4 cm³/mol. The van der Waals surface area contributed by atoms with Gasteiger partial charge < -0.3 is 9.88 Å². The fraction of sp³-hybridized carbons (Fsp3) is 0.357.